The monoisotopic (exact) mass is 352 g/mol. The molecule has 0 bridgehead atoms. The Balaban J connectivity index is 1.67. The van der Waals surface area contributed by atoms with E-state index in [0.29, 0.717) is 5.92 Å². The van der Waals surface area contributed by atoms with Crippen molar-refractivity contribution >= 4 is 48.8 Å². The molecular weight excluding hydrogens is 336 g/mol. The summed E-state index contributed by atoms with van der Waals surface area (Å²) in [6, 6.07) is 10.3. The fourth-order valence-corrected chi connectivity index (χ4v) is 5.45. The largest absolute Gasteiger partial charge is 0.399 e. The van der Waals surface area contributed by atoms with Crippen LogP contribution in [-0.2, 0) is 0 Å². The molecule has 5 rings (SSSR count). The van der Waals surface area contributed by atoms with E-state index in [1.807, 2.05) is 35.7 Å². The Hall–Kier alpha value is -2.02. The summed E-state index contributed by atoms with van der Waals surface area (Å²) in [6.07, 6.45) is 3.11. The topological polar surface area (TPSA) is 63.8 Å². The van der Waals surface area contributed by atoms with Gasteiger partial charge in [-0.05, 0) is 43.3 Å². The molecule has 1 atom stereocenters. The minimum atomic E-state index is 0.618. The standard InChI is InChI=1S/C18H16N4S2/c19-11-1-2-15-14(7-11)22-18(23-15)12-4-6-21-17-13(12)8-16(24-17)10-3-5-20-9-10/h1-2,4,6-8,10,20H,3,5,9,19H2. The van der Waals surface area contributed by atoms with E-state index >= 15 is 0 Å². The van der Waals surface area contributed by atoms with Crippen molar-refractivity contribution in [2.75, 3.05) is 18.8 Å². The van der Waals surface area contributed by atoms with Crippen molar-refractivity contribution in [1.82, 2.24) is 15.3 Å². The maximum absolute atomic E-state index is 5.89. The van der Waals surface area contributed by atoms with Gasteiger partial charge >= 0.3 is 0 Å². The number of pyridine rings is 1. The van der Waals surface area contributed by atoms with Crippen LogP contribution in [0.3, 0.4) is 0 Å². The molecule has 0 radical (unpaired) electrons. The average Bonchev–Trinajstić information content (AvgIpc) is 3.31. The molecule has 4 aromatic rings. The van der Waals surface area contributed by atoms with Crippen molar-refractivity contribution in [2.24, 2.45) is 0 Å². The molecule has 0 spiro atoms. The molecule has 4 nitrogen and oxygen atoms in total. The Morgan fingerprint density at radius 2 is 2.12 bits per heavy atom. The number of fused-ring (bicyclic) bond motifs is 2. The maximum Gasteiger partial charge on any atom is 0.125 e. The molecule has 1 aliphatic heterocycles. The maximum atomic E-state index is 5.89. The smallest absolute Gasteiger partial charge is 0.125 e. The molecule has 120 valence electrons. The zero-order chi connectivity index (χ0) is 16.1. The minimum Gasteiger partial charge on any atom is -0.399 e. The quantitative estimate of drug-likeness (QED) is 0.530. The van der Waals surface area contributed by atoms with Crippen molar-refractivity contribution < 1.29 is 0 Å². The second kappa shape index (κ2) is 5.51. The van der Waals surface area contributed by atoms with Crippen LogP contribution in [0.2, 0.25) is 0 Å². The second-order valence-electron chi connectivity index (χ2n) is 6.16. The van der Waals surface area contributed by atoms with Gasteiger partial charge < -0.3 is 11.1 Å². The average molecular weight is 352 g/mol. The van der Waals surface area contributed by atoms with Crippen LogP contribution in [-0.4, -0.2) is 23.1 Å². The van der Waals surface area contributed by atoms with E-state index in [9.17, 15) is 0 Å². The number of thiophene rings is 1. The van der Waals surface area contributed by atoms with E-state index in [1.54, 1.807) is 11.3 Å². The van der Waals surface area contributed by atoms with Crippen molar-refractivity contribution in [3.05, 3.63) is 41.4 Å². The van der Waals surface area contributed by atoms with E-state index in [-0.39, 0.29) is 0 Å². The lowest BCUT2D eigenvalue weighted by Crippen LogP contribution is -2.07. The molecule has 1 aromatic carbocycles. The molecule has 1 fully saturated rings. The van der Waals surface area contributed by atoms with E-state index in [4.69, 9.17) is 10.7 Å². The van der Waals surface area contributed by atoms with Crippen LogP contribution in [0.1, 0.15) is 17.2 Å². The molecule has 0 amide bonds. The lowest BCUT2D eigenvalue weighted by atomic mass is 10.1. The van der Waals surface area contributed by atoms with E-state index < -0.39 is 0 Å². The first-order valence-electron chi connectivity index (χ1n) is 8.03. The Labute approximate surface area is 147 Å². The summed E-state index contributed by atoms with van der Waals surface area (Å²) >= 11 is 3.53. The predicted molar refractivity (Wildman–Crippen MR) is 103 cm³/mol. The number of nitrogen functional groups attached to an aromatic ring is 1. The molecule has 4 heterocycles. The van der Waals surface area contributed by atoms with Crippen LogP contribution < -0.4 is 11.1 Å². The zero-order valence-corrected chi connectivity index (χ0v) is 14.6. The van der Waals surface area contributed by atoms with E-state index in [1.165, 1.54) is 26.9 Å². The summed E-state index contributed by atoms with van der Waals surface area (Å²) in [5, 5.41) is 5.71. The third kappa shape index (κ3) is 2.30. The summed E-state index contributed by atoms with van der Waals surface area (Å²) in [6.45, 7) is 2.18. The summed E-state index contributed by atoms with van der Waals surface area (Å²) in [5.41, 5.74) is 8.78. The zero-order valence-electron chi connectivity index (χ0n) is 13.0. The van der Waals surface area contributed by atoms with Gasteiger partial charge in [-0.2, -0.15) is 0 Å². The molecular formula is C18H16N4S2. The third-order valence-corrected chi connectivity index (χ3v) is 6.83. The summed E-state index contributed by atoms with van der Waals surface area (Å²) < 4.78 is 1.17. The first kappa shape index (κ1) is 14.3. The number of aromatic nitrogens is 2. The number of nitrogens with two attached hydrogens (primary N) is 1. The second-order valence-corrected chi connectivity index (χ2v) is 8.25. The van der Waals surface area contributed by atoms with Gasteiger partial charge in [-0.25, -0.2) is 9.97 Å². The van der Waals surface area contributed by atoms with Gasteiger partial charge in [0.15, 0.2) is 0 Å². The normalized spacial score (nSPS) is 17.9. The Morgan fingerprint density at radius 1 is 1.17 bits per heavy atom. The highest BCUT2D eigenvalue weighted by Crippen LogP contribution is 2.39. The van der Waals surface area contributed by atoms with Gasteiger partial charge in [0.1, 0.15) is 9.84 Å². The van der Waals surface area contributed by atoms with Gasteiger partial charge in [-0.3, -0.25) is 0 Å². The summed E-state index contributed by atoms with van der Waals surface area (Å²) in [4.78, 5) is 11.9. The van der Waals surface area contributed by atoms with Crippen molar-refractivity contribution in [3.63, 3.8) is 0 Å². The number of anilines is 1. The van der Waals surface area contributed by atoms with Gasteiger partial charge in [0.2, 0.25) is 0 Å². The molecule has 1 unspecified atom stereocenters. The molecule has 3 N–H and O–H groups in total. The molecule has 24 heavy (non-hydrogen) atoms. The number of nitrogens with one attached hydrogen (secondary N) is 1. The van der Waals surface area contributed by atoms with Gasteiger partial charge in [0.05, 0.1) is 10.2 Å². The fourth-order valence-electron chi connectivity index (χ4n) is 3.30. The Bertz CT molecular complexity index is 1040. The van der Waals surface area contributed by atoms with Crippen LogP contribution >= 0.6 is 22.7 Å². The predicted octanol–water partition coefficient (Wildman–Crippen LogP) is 4.23. The molecule has 0 aliphatic carbocycles. The lowest BCUT2D eigenvalue weighted by molar-refractivity contribution is 0.779. The Morgan fingerprint density at radius 3 is 3.00 bits per heavy atom. The number of hydrogen-bond acceptors (Lipinski definition) is 6. The first-order valence-corrected chi connectivity index (χ1v) is 9.67. The minimum absolute atomic E-state index is 0.618. The summed E-state index contributed by atoms with van der Waals surface area (Å²) in [7, 11) is 0. The number of hydrogen-bond donors (Lipinski definition) is 2. The summed E-state index contributed by atoms with van der Waals surface area (Å²) in [5.74, 6) is 0.618. The fraction of sp³-hybridized carbons (Fsp3) is 0.222. The highest BCUT2D eigenvalue weighted by molar-refractivity contribution is 7.22. The van der Waals surface area contributed by atoms with Crippen LogP contribution in [0.25, 0.3) is 31.0 Å². The van der Waals surface area contributed by atoms with Crippen molar-refractivity contribution in [1.29, 1.82) is 0 Å². The molecule has 6 heteroatoms. The van der Waals surface area contributed by atoms with Gasteiger partial charge in [-0.15, -0.1) is 22.7 Å². The van der Waals surface area contributed by atoms with Gasteiger partial charge in [0, 0.05) is 40.2 Å². The van der Waals surface area contributed by atoms with Crippen molar-refractivity contribution in [3.8, 4) is 10.6 Å². The lowest BCUT2D eigenvalue weighted by Gasteiger charge is -2.02. The SMILES string of the molecule is Nc1ccc2sc(-c3ccnc4sc(C5CCNC5)cc34)nc2c1. The number of thiazole rings is 1. The van der Waals surface area contributed by atoms with E-state index in [2.05, 4.69) is 22.4 Å². The molecule has 1 saturated heterocycles. The van der Waals surface area contributed by atoms with Crippen LogP contribution in [0.4, 0.5) is 5.69 Å². The van der Waals surface area contributed by atoms with Gasteiger partial charge in [-0.1, -0.05) is 0 Å². The van der Waals surface area contributed by atoms with Gasteiger partial charge in [0.25, 0.3) is 0 Å². The van der Waals surface area contributed by atoms with Crippen LogP contribution in [0.5, 0.6) is 0 Å². The first-order chi connectivity index (χ1) is 11.8. The molecule has 3 aromatic heterocycles. The van der Waals surface area contributed by atoms with Crippen molar-refractivity contribution in [2.45, 2.75) is 12.3 Å². The highest BCUT2D eigenvalue weighted by Gasteiger charge is 2.20. The van der Waals surface area contributed by atoms with Crippen LogP contribution in [0.15, 0.2) is 36.5 Å². The van der Waals surface area contributed by atoms with Crippen LogP contribution in [0, 0.1) is 0 Å². The number of benzene rings is 1. The highest BCUT2D eigenvalue weighted by atomic mass is 32.1. The third-order valence-electron chi connectivity index (χ3n) is 4.56. The van der Waals surface area contributed by atoms with E-state index in [0.717, 1.165) is 34.1 Å². The number of nitrogens with zero attached hydrogens (tertiary/aromatic N) is 2. The number of rotatable bonds is 2. The molecule has 1 aliphatic rings. The molecule has 0 saturated carbocycles. The Kier molecular flexibility index (Phi) is 3.29.